The van der Waals surface area contributed by atoms with Crippen molar-refractivity contribution in [2.45, 2.75) is 13.3 Å². The quantitative estimate of drug-likeness (QED) is 0.475. The Morgan fingerprint density at radius 3 is 2.56 bits per heavy atom. The lowest BCUT2D eigenvalue weighted by Gasteiger charge is -2.07. The standard InChI is InChI=1S/C10H16BrIN4/c1-3-16-9(11)7(5-13)4-8(6-15-2)10(12)14/h5-6,14-15H,3-4,13H2,1-2H3/b7-5?,8-6-,14-10?,16-9?. The molecule has 4 nitrogen and oxygen atoms in total. The first kappa shape index (κ1) is 15.6. The normalized spacial score (nSPS) is 13.9. The van der Waals surface area contributed by atoms with Crippen LogP contribution in [0.5, 0.6) is 0 Å². The van der Waals surface area contributed by atoms with Gasteiger partial charge >= 0.3 is 0 Å². The summed E-state index contributed by atoms with van der Waals surface area (Å²) in [5.41, 5.74) is 7.31. The molecule has 0 spiro atoms. The first-order valence-electron chi connectivity index (χ1n) is 4.78. The Bertz CT molecular complexity index is 334. The van der Waals surface area contributed by atoms with Gasteiger partial charge in [-0.05, 0) is 45.4 Å². The van der Waals surface area contributed by atoms with Gasteiger partial charge in [0, 0.05) is 43.6 Å². The van der Waals surface area contributed by atoms with Crippen molar-refractivity contribution in [3.8, 4) is 0 Å². The minimum Gasteiger partial charge on any atom is -0.404 e. The summed E-state index contributed by atoms with van der Waals surface area (Å²) in [6.45, 7) is 2.66. The van der Waals surface area contributed by atoms with Gasteiger partial charge in [-0.15, -0.1) is 0 Å². The van der Waals surface area contributed by atoms with E-state index in [1.807, 2.05) is 29.5 Å². The molecule has 0 radical (unpaired) electrons. The average molecular weight is 399 g/mol. The number of hydrogen-bond donors (Lipinski definition) is 3. The summed E-state index contributed by atoms with van der Waals surface area (Å²) >= 11 is 5.35. The predicted molar refractivity (Wildman–Crippen MR) is 82.7 cm³/mol. The van der Waals surface area contributed by atoms with Crippen LogP contribution in [0, 0.1) is 5.41 Å². The molecule has 0 atom stereocenters. The second-order valence-corrected chi connectivity index (χ2v) is 4.74. The Balaban J connectivity index is 4.85. The van der Waals surface area contributed by atoms with E-state index in [-0.39, 0.29) is 0 Å². The third-order valence-electron chi connectivity index (χ3n) is 1.74. The van der Waals surface area contributed by atoms with Crippen LogP contribution >= 0.6 is 38.5 Å². The van der Waals surface area contributed by atoms with Gasteiger partial charge < -0.3 is 11.1 Å². The van der Waals surface area contributed by atoms with Crippen LogP contribution in [-0.2, 0) is 0 Å². The molecular formula is C10H16BrIN4. The molecule has 0 amide bonds. The van der Waals surface area contributed by atoms with Crippen LogP contribution in [0.2, 0.25) is 0 Å². The maximum atomic E-state index is 7.62. The molecule has 0 saturated carbocycles. The summed E-state index contributed by atoms with van der Waals surface area (Å²) < 4.78 is 1.24. The summed E-state index contributed by atoms with van der Waals surface area (Å²) in [5.74, 6) is 0. The Morgan fingerprint density at radius 1 is 1.56 bits per heavy atom. The molecule has 0 saturated heterocycles. The van der Waals surface area contributed by atoms with E-state index >= 15 is 0 Å². The SMILES string of the molecule is CCN=C(Br)C(=CN)C/C(=C/NC)C(=N)I. The lowest BCUT2D eigenvalue weighted by Crippen LogP contribution is -2.06. The molecule has 0 bridgehead atoms. The first-order chi connectivity index (χ1) is 7.56. The summed E-state index contributed by atoms with van der Waals surface area (Å²) in [6.07, 6.45) is 3.90. The average Bonchev–Trinajstić information content (AvgIpc) is 2.24. The molecule has 90 valence electrons. The van der Waals surface area contributed by atoms with Gasteiger partial charge in [-0.3, -0.25) is 10.4 Å². The van der Waals surface area contributed by atoms with Crippen LogP contribution in [0.1, 0.15) is 13.3 Å². The van der Waals surface area contributed by atoms with Crippen molar-refractivity contribution in [1.29, 1.82) is 5.41 Å². The van der Waals surface area contributed by atoms with E-state index < -0.39 is 0 Å². The molecule has 0 unspecified atom stereocenters. The second-order valence-electron chi connectivity index (χ2n) is 2.91. The van der Waals surface area contributed by atoms with Gasteiger partial charge in [0.05, 0.1) is 3.72 Å². The maximum absolute atomic E-state index is 7.62. The van der Waals surface area contributed by atoms with Crippen LogP contribution in [-0.4, -0.2) is 21.9 Å². The Kier molecular flexibility index (Phi) is 8.54. The number of rotatable bonds is 6. The molecule has 0 aliphatic rings. The summed E-state index contributed by atoms with van der Waals surface area (Å²) in [4.78, 5) is 4.23. The van der Waals surface area contributed by atoms with Crippen molar-refractivity contribution < 1.29 is 0 Å². The van der Waals surface area contributed by atoms with Crippen LogP contribution in [0.3, 0.4) is 0 Å². The molecule has 0 heterocycles. The van der Waals surface area contributed by atoms with Gasteiger partial charge in [-0.2, -0.15) is 0 Å². The van der Waals surface area contributed by atoms with Gasteiger partial charge in [-0.1, -0.05) is 0 Å². The number of nitrogens with one attached hydrogen (secondary N) is 2. The fourth-order valence-corrected chi connectivity index (χ4v) is 1.88. The van der Waals surface area contributed by atoms with Gasteiger partial charge in [0.15, 0.2) is 0 Å². The van der Waals surface area contributed by atoms with E-state index in [1.54, 1.807) is 13.2 Å². The fourth-order valence-electron chi connectivity index (χ4n) is 1.01. The Morgan fingerprint density at radius 2 is 2.19 bits per heavy atom. The Hall–Kier alpha value is -0.370. The van der Waals surface area contributed by atoms with E-state index in [9.17, 15) is 0 Å². The van der Waals surface area contributed by atoms with E-state index in [4.69, 9.17) is 11.1 Å². The number of halogens is 2. The first-order valence-corrected chi connectivity index (χ1v) is 6.65. The zero-order chi connectivity index (χ0) is 12.6. The number of nitrogens with zero attached hydrogens (tertiary/aromatic N) is 1. The lowest BCUT2D eigenvalue weighted by molar-refractivity contribution is 1.06. The molecule has 0 fully saturated rings. The van der Waals surface area contributed by atoms with Crippen molar-refractivity contribution in [3.63, 3.8) is 0 Å². The van der Waals surface area contributed by atoms with E-state index in [0.717, 1.165) is 15.8 Å². The second kappa shape index (κ2) is 8.74. The molecule has 4 N–H and O–H groups in total. The van der Waals surface area contributed by atoms with Crippen molar-refractivity contribution in [1.82, 2.24) is 5.32 Å². The molecule has 0 aromatic carbocycles. The fraction of sp³-hybridized carbons (Fsp3) is 0.400. The smallest absolute Gasteiger partial charge is 0.105 e. The largest absolute Gasteiger partial charge is 0.404 e. The van der Waals surface area contributed by atoms with Gasteiger partial charge in [0.1, 0.15) is 4.62 Å². The number of nitrogens with two attached hydrogens (primary N) is 1. The molecule has 0 aromatic heterocycles. The lowest BCUT2D eigenvalue weighted by atomic mass is 10.1. The molecule has 0 aliphatic carbocycles. The summed E-state index contributed by atoms with van der Waals surface area (Å²) in [7, 11) is 1.81. The molecule has 6 heteroatoms. The van der Waals surface area contributed by atoms with Crippen molar-refractivity contribution in [3.05, 3.63) is 23.5 Å². The monoisotopic (exact) mass is 398 g/mol. The van der Waals surface area contributed by atoms with Gasteiger partial charge in [0.25, 0.3) is 0 Å². The van der Waals surface area contributed by atoms with Crippen molar-refractivity contribution in [2.75, 3.05) is 13.6 Å². The number of hydrogen-bond acceptors (Lipinski definition) is 4. The zero-order valence-corrected chi connectivity index (χ0v) is 13.1. The summed E-state index contributed by atoms with van der Waals surface area (Å²) in [5, 5.41) is 10.5. The highest BCUT2D eigenvalue weighted by Gasteiger charge is 2.09. The third kappa shape index (κ3) is 5.64. The minimum atomic E-state index is 0.489. The highest BCUT2D eigenvalue weighted by atomic mass is 127. The highest BCUT2D eigenvalue weighted by Crippen LogP contribution is 2.18. The number of aliphatic imine (C=N–C) groups is 1. The van der Waals surface area contributed by atoms with Crippen molar-refractivity contribution >= 4 is 46.9 Å². The number of allylic oxidation sites excluding steroid dienone is 2. The van der Waals surface area contributed by atoms with Crippen LogP contribution < -0.4 is 11.1 Å². The molecule has 0 rings (SSSR count). The van der Waals surface area contributed by atoms with E-state index in [0.29, 0.717) is 16.7 Å². The van der Waals surface area contributed by atoms with Gasteiger partial charge in [-0.25, -0.2) is 0 Å². The molecule has 0 aromatic rings. The maximum Gasteiger partial charge on any atom is 0.105 e. The summed E-state index contributed by atoms with van der Waals surface area (Å²) in [6, 6.07) is 0. The van der Waals surface area contributed by atoms with E-state index in [2.05, 4.69) is 26.2 Å². The Labute approximate surface area is 118 Å². The van der Waals surface area contributed by atoms with Crippen LogP contribution in [0.25, 0.3) is 0 Å². The topological polar surface area (TPSA) is 74.3 Å². The zero-order valence-electron chi connectivity index (χ0n) is 9.35. The van der Waals surface area contributed by atoms with Gasteiger partial charge in [0.2, 0.25) is 0 Å². The molecular weight excluding hydrogens is 383 g/mol. The predicted octanol–water partition coefficient (Wildman–Crippen LogP) is 2.55. The highest BCUT2D eigenvalue weighted by molar-refractivity contribution is 14.1. The molecule has 0 aliphatic heterocycles. The van der Waals surface area contributed by atoms with E-state index in [1.165, 1.54) is 6.20 Å². The van der Waals surface area contributed by atoms with Crippen LogP contribution in [0.15, 0.2) is 28.5 Å². The minimum absolute atomic E-state index is 0.489. The van der Waals surface area contributed by atoms with Crippen molar-refractivity contribution in [2.24, 2.45) is 10.7 Å². The molecule has 16 heavy (non-hydrogen) atoms. The van der Waals surface area contributed by atoms with Crippen LogP contribution in [0.4, 0.5) is 0 Å². The third-order valence-corrected chi connectivity index (χ3v) is 3.20.